The zero-order valence-corrected chi connectivity index (χ0v) is 21.0. The molecule has 1 spiro atoms. The molecular formula is C37H21NO. The van der Waals surface area contributed by atoms with Gasteiger partial charge in [0.05, 0.1) is 10.9 Å². The summed E-state index contributed by atoms with van der Waals surface area (Å²) in [5.74, 6) is 0. The van der Waals surface area contributed by atoms with E-state index in [4.69, 9.17) is 4.42 Å². The highest BCUT2D eigenvalue weighted by Crippen LogP contribution is 2.63. The topological polar surface area (TPSA) is 28.9 Å². The van der Waals surface area contributed by atoms with Gasteiger partial charge in [-0.3, -0.25) is 0 Å². The molecule has 0 saturated carbocycles. The van der Waals surface area contributed by atoms with Gasteiger partial charge in [0.25, 0.3) is 0 Å². The fourth-order valence-electron chi connectivity index (χ4n) is 7.86. The molecule has 2 nitrogen and oxygen atoms in total. The summed E-state index contributed by atoms with van der Waals surface area (Å²) in [5, 5.41) is 4.83. The molecule has 0 radical (unpaired) electrons. The zero-order chi connectivity index (χ0) is 25.3. The molecule has 10 rings (SSSR count). The number of nitrogens with one attached hydrogen (secondary N) is 1. The van der Waals surface area contributed by atoms with Crippen LogP contribution in [0.4, 0.5) is 0 Å². The summed E-state index contributed by atoms with van der Waals surface area (Å²) in [6, 6.07) is 44.3. The number of para-hydroxylation sites is 1. The second kappa shape index (κ2) is 6.67. The summed E-state index contributed by atoms with van der Waals surface area (Å²) in [4.78, 5) is 3.88. The highest BCUT2D eigenvalue weighted by molar-refractivity contribution is 6.28. The third-order valence-corrected chi connectivity index (χ3v) is 9.23. The van der Waals surface area contributed by atoms with Crippen LogP contribution < -0.4 is 0 Å². The molecule has 0 bridgehead atoms. The first-order valence-electron chi connectivity index (χ1n) is 13.5. The van der Waals surface area contributed by atoms with E-state index in [-0.39, 0.29) is 5.41 Å². The van der Waals surface area contributed by atoms with Gasteiger partial charge >= 0.3 is 0 Å². The van der Waals surface area contributed by atoms with Gasteiger partial charge in [-0.1, -0.05) is 103 Å². The van der Waals surface area contributed by atoms with Crippen molar-refractivity contribution in [1.82, 2.24) is 4.98 Å². The van der Waals surface area contributed by atoms with Gasteiger partial charge < -0.3 is 9.40 Å². The first-order chi connectivity index (χ1) is 19.4. The Labute approximate surface area is 224 Å². The van der Waals surface area contributed by atoms with Gasteiger partial charge in [-0.15, -0.1) is 0 Å². The number of hydrogen-bond donors (Lipinski definition) is 1. The van der Waals surface area contributed by atoms with Crippen molar-refractivity contribution < 1.29 is 4.42 Å². The van der Waals surface area contributed by atoms with Crippen molar-refractivity contribution in [3.05, 3.63) is 144 Å². The van der Waals surface area contributed by atoms with Crippen molar-refractivity contribution >= 4 is 43.7 Å². The van der Waals surface area contributed by atoms with E-state index >= 15 is 0 Å². The minimum absolute atomic E-state index is 0.331. The summed E-state index contributed by atoms with van der Waals surface area (Å²) >= 11 is 0. The summed E-state index contributed by atoms with van der Waals surface area (Å²) in [6.45, 7) is 0. The molecule has 0 fully saturated rings. The van der Waals surface area contributed by atoms with E-state index in [0.29, 0.717) is 0 Å². The van der Waals surface area contributed by atoms with Crippen molar-refractivity contribution in [2.45, 2.75) is 5.41 Å². The van der Waals surface area contributed by atoms with Gasteiger partial charge in [0, 0.05) is 32.6 Å². The van der Waals surface area contributed by atoms with Crippen LogP contribution in [0.5, 0.6) is 0 Å². The zero-order valence-electron chi connectivity index (χ0n) is 21.0. The Balaban J connectivity index is 1.41. The molecule has 0 unspecified atom stereocenters. The van der Waals surface area contributed by atoms with Gasteiger partial charge in [-0.25, -0.2) is 0 Å². The maximum absolute atomic E-state index is 6.27. The van der Waals surface area contributed by atoms with Gasteiger partial charge in [0.1, 0.15) is 11.2 Å². The largest absolute Gasteiger partial charge is 0.456 e. The van der Waals surface area contributed by atoms with Crippen LogP contribution >= 0.6 is 0 Å². The fraction of sp³-hybridized carbons (Fsp3) is 0.0270. The number of furan rings is 1. The van der Waals surface area contributed by atoms with Crippen LogP contribution in [0.25, 0.3) is 66.0 Å². The molecule has 180 valence electrons. The van der Waals surface area contributed by atoms with Crippen LogP contribution in [0.1, 0.15) is 22.3 Å². The lowest BCUT2D eigenvalue weighted by atomic mass is 9.70. The molecule has 0 aliphatic heterocycles. The molecule has 2 aliphatic carbocycles. The summed E-state index contributed by atoms with van der Waals surface area (Å²) in [7, 11) is 0. The lowest BCUT2D eigenvalue weighted by Gasteiger charge is -2.30. The minimum atomic E-state index is -0.331. The molecule has 0 saturated heterocycles. The lowest BCUT2D eigenvalue weighted by Crippen LogP contribution is -2.25. The lowest BCUT2D eigenvalue weighted by molar-refractivity contribution is 0.669. The molecule has 8 aromatic rings. The minimum Gasteiger partial charge on any atom is -0.456 e. The van der Waals surface area contributed by atoms with Crippen molar-refractivity contribution in [1.29, 1.82) is 0 Å². The van der Waals surface area contributed by atoms with E-state index in [0.717, 1.165) is 22.1 Å². The summed E-state index contributed by atoms with van der Waals surface area (Å²) < 4.78 is 6.27. The van der Waals surface area contributed by atoms with Gasteiger partial charge in [-0.2, -0.15) is 0 Å². The number of aromatic nitrogens is 1. The van der Waals surface area contributed by atoms with Crippen molar-refractivity contribution in [2.24, 2.45) is 0 Å². The van der Waals surface area contributed by atoms with E-state index in [2.05, 4.69) is 120 Å². The number of aromatic amines is 1. The second-order valence-corrected chi connectivity index (χ2v) is 10.9. The number of benzene rings is 6. The highest BCUT2D eigenvalue weighted by Gasteiger charge is 2.52. The van der Waals surface area contributed by atoms with E-state index in [1.807, 2.05) is 6.07 Å². The maximum Gasteiger partial charge on any atom is 0.136 e. The van der Waals surface area contributed by atoms with Crippen LogP contribution in [0.3, 0.4) is 0 Å². The average Bonchev–Trinajstić information content (AvgIpc) is 3.71. The van der Waals surface area contributed by atoms with E-state index in [1.165, 1.54) is 66.2 Å². The molecule has 0 atom stereocenters. The first-order valence-corrected chi connectivity index (χ1v) is 13.5. The SMILES string of the molecule is c1ccc2c(c1)-c1ccccc1C21c2ccccc2-c2c1ccc1c2[nH]c2ccc3oc4ccccc4c3c21. The van der Waals surface area contributed by atoms with Crippen LogP contribution in [0.2, 0.25) is 0 Å². The monoisotopic (exact) mass is 495 g/mol. The molecule has 0 amide bonds. The van der Waals surface area contributed by atoms with E-state index in [1.54, 1.807) is 0 Å². The van der Waals surface area contributed by atoms with Crippen molar-refractivity contribution in [2.75, 3.05) is 0 Å². The smallest absolute Gasteiger partial charge is 0.136 e. The third kappa shape index (κ3) is 2.15. The number of hydrogen-bond acceptors (Lipinski definition) is 1. The Morgan fingerprint density at radius 3 is 1.87 bits per heavy atom. The predicted molar refractivity (Wildman–Crippen MR) is 159 cm³/mol. The van der Waals surface area contributed by atoms with E-state index < -0.39 is 0 Å². The fourth-order valence-corrected chi connectivity index (χ4v) is 7.86. The summed E-state index contributed by atoms with van der Waals surface area (Å²) in [6.07, 6.45) is 0. The molecule has 2 aliphatic rings. The Morgan fingerprint density at radius 1 is 0.462 bits per heavy atom. The van der Waals surface area contributed by atoms with Crippen molar-refractivity contribution in [3.63, 3.8) is 0 Å². The average molecular weight is 496 g/mol. The Morgan fingerprint density at radius 2 is 1.10 bits per heavy atom. The van der Waals surface area contributed by atoms with Gasteiger partial charge in [-0.05, 0) is 57.1 Å². The number of rotatable bonds is 0. The van der Waals surface area contributed by atoms with Crippen LogP contribution in [0, 0.1) is 0 Å². The normalized spacial score (nSPS) is 14.4. The molecule has 2 heteroatoms. The molecule has 2 aromatic heterocycles. The summed E-state index contributed by atoms with van der Waals surface area (Å²) in [5.41, 5.74) is 14.6. The molecular weight excluding hydrogens is 474 g/mol. The molecule has 1 N–H and O–H groups in total. The van der Waals surface area contributed by atoms with Crippen molar-refractivity contribution in [3.8, 4) is 22.3 Å². The quantitative estimate of drug-likeness (QED) is 0.223. The van der Waals surface area contributed by atoms with Crippen LogP contribution in [-0.2, 0) is 5.41 Å². The standard InChI is InChI=1S/C37H21NO/c1-5-13-26-21(9-1)22-10-2-6-14-27(22)37(26)28-15-7-3-11-23(28)33-29(37)18-17-25-34-30(38-36(25)33)19-20-32-35(34)24-12-4-8-16-31(24)39-32/h1-20,38H. The Kier molecular flexibility index (Phi) is 3.41. The Hall–Kier alpha value is -5.08. The second-order valence-electron chi connectivity index (χ2n) is 10.9. The highest BCUT2D eigenvalue weighted by atomic mass is 16.3. The van der Waals surface area contributed by atoms with Crippen LogP contribution in [0.15, 0.2) is 126 Å². The molecule has 2 heterocycles. The Bertz CT molecular complexity index is 2300. The molecule has 6 aromatic carbocycles. The maximum atomic E-state index is 6.27. The van der Waals surface area contributed by atoms with Gasteiger partial charge in [0.15, 0.2) is 0 Å². The number of H-pyrrole nitrogens is 1. The number of fused-ring (bicyclic) bond motifs is 18. The van der Waals surface area contributed by atoms with E-state index in [9.17, 15) is 0 Å². The third-order valence-electron chi connectivity index (χ3n) is 9.23. The van der Waals surface area contributed by atoms with Crippen LogP contribution in [-0.4, -0.2) is 4.98 Å². The predicted octanol–water partition coefficient (Wildman–Crippen LogP) is 9.56. The molecule has 39 heavy (non-hydrogen) atoms. The van der Waals surface area contributed by atoms with Gasteiger partial charge in [0.2, 0.25) is 0 Å². The first kappa shape index (κ1) is 20.0.